The summed E-state index contributed by atoms with van der Waals surface area (Å²) >= 11 is 9.53. The fourth-order valence-corrected chi connectivity index (χ4v) is 4.56. The zero-order valence-corrected chi connectivity index (χ0v) is 12.6. The van der Waals surface area contributed by atoms with Crippen LogP contribution in [0.1, 0.15) is 5.69 Å². The van der Waals surface area contributed by atoms with Crippen LogP contribution in [0.5, 0.6) is 0 Å². The number of halogens is 1. The summed E-state index contributed by atoms with van der Waals surface area (Å²) in [5.41, 5.74) is 0.177. The highest BCUT2D eigenvalue weighted by Crippen LogP contribution is 2.28. The minimum absolute atomic E-state index is 0.0243. The minimum atomic E-state index is -0.475. The van der Waals surface area contributed by atoms with Gasteiger partial charge in [-0.1, -0.05) is 0 Å². The number of nitro groups is 1. The van der Waals surface area contributed by atoms with E-state index >= 15 is 0 Å². The topological polar surface area (TPSA) is 81.0 Å². The molecular formula is C10H13ClN4O2S2. The van der Waals surface area contributed by atoms with Gasteiger partial charge in [-0.2, -0.15) is 28.5 Å². The number of hydrogen-bond donors (Lipinski definition) is 1. The van der Waals surface area contributed by atoms with Gasteiger partial charge >= 0.3 is 5.69 Å². The Kier molecular flexibility index (Phi) is 5.12. The van der Waals surface area contributed by atoms with Gasteiger partial charge < -0.3 is 5.32 Å². The Hall–Kier alpha value is -0.730. The van der Waals surface area contributed by atoms with Crippen LogP contribution >= 0.6 is 35.1 Å². The highest BCUT2D eigenvalue weighted by Gasteiger charge is 2.23. The lowest BCUT2D eigenvalue weighted by molar-refractivity contribution is -0.385. The molecule has 1 aliphatic rings. The normalized spacial score (nSPS) is 19.2. The summed E-state index contributed by atoms with van der Waals surface area (Å²) in [6, 6.07) is 0. The van der Waals surface area contributed by atoms with Gasteiger partial charge in [0, 0.05) is 29.1 Å². The van der Waals surface area contributed by atoms with E-state index in [9.17, 15) is 10.1 Å². The molecule has 1 aromatic heterocycles. The quantitative estimate of drug-likeness (QED) is 0.519. The van der Waals surface area contributed by atoms with Crippen molar-refractivity contribution in [2.45, 2.75) is 12.2 Å². The largest absolute Gasteiger partial charge is 0.363 e. The third-order valence-corrected chi connectivity index (χ3v) is 5.61. The van der Waals surface area contributed by atoms with Crippen LogP contribution in [0, 0.1) is 17.0 Å². The summed E-state index contributed by atoms with van der Waals surface area (Å²) in [6.45, 7) is 2.20. The summed E-state index contributed by atoms with van der Waals surface area (Å²) in [4.78, 5) is 18.3. The number of aromatic nitrogens is 2. The van der Waals surface area contributed by atoms with E-state index < -0.39 is 4.92 Å². The van der Waals surface area contributed by atoms with E-state index in [1.165, 1.54) is 5.75 Å². The van der Waals surface area contributed by atoms with Gasteiger partial charge in [-0.05, 0) is 18.5 Å². The van der Waals surface area contributed by atoms with E-state index in [-0.39, 0.29) is 22.5 Å². The molecule has 0 spiro atoms. The summed E-state index contributed by atoms with van der Waals surface area (Å²) < 4.78 is 0. The number of aryl methyl sites for hydroxylation is 1. The minimum Gasteiger partial charge on any atom is -0.363 e. The number of rotatable bonds is 4. The first-order valence-electron chi connectivity index (χ1n) is 5.69. The molecule has 0 amide bonds. The maximum Gasteiger partial charge on any atom is 0.332 e. The lowest BCUT2D eigenvalue weighted by Crippen LogP contribution is -2.24. The first-order valence-corrected chi connectivity index (χ1v) is 8.28. The molecule has 1 fully saturated rings. The molecule has 1 aliphatic heterocycles. The number of nitrogens with zero attached hydrogens (tertiary/aromatic N) is 3. The first kappa shape index (κ1) is 14.7. The van der Waals surface area contributed by atoms with Crippen molar-refractivity contribution >= 4 is 46.6 Å². The summed E-state index contributed by atoms with van der Waals surface area (Å²) in [6.07, 6.45) is 0. The van der Waals surface area contributed by atoms with Crippen LogP contribution in [0.15, 0.2) is 0 Å². The SMILES string of the molecule is Cc1nc(Cl)nc(NCC2CSCCS2)c1[N+](=O)[O-]. The van der Waals surface area contributed by atoms with Crippen molar-refractivity contribution in [3.05, 3.63) is 21.1 Å². The molecule has 104 valence electrons. The van der Waals surface area contributed by atoms with Gasteiger partial charge in [-0.3, -0.25) is 10.1 Å². The van der Waals surface area contributed by atoms with Gasteiger partial charge in [0.2, 0.25) is 11.1 Å². The molecule has 2 rings (SSSR count). The molecule has 2 heterocycles. The lowest BCUT2D eigenvalue weighted by Gasteiger charge is -2.21. The molecule has 1 unspecified atom stereocenters. The van der Waals surface area contributed by atoms with Crippen molar-refractivity contribution in [2.24, 2.45) is 0 Å². The fourth-order valence-electron chi connectivity index (χ4n) is 1.74. The maximum atomic E-state index is 11.0. The number of anilines is 1. The summed E-state index contributed by atoms with van der Waals surface area (Å²) in [5, 5.41) is 14.5. The van der Waals surface area contributed by atoms with Gasteiger partial charge in [0.15, 0.2) is 0 Å². The Morgan fingerprint density at radius 1 is 1.53 bits per heavy atom. The molecule has 1 saturated heterocycles. The van der Waals surface area contributed by atoms with E-state index in [4.69, 9.17) is 11.6 Å². The summed E-state index contributed by atoms with van der Waals surface area (Å²) in [5.74, 6) is 3.53. The molecule has 1 aromatic rings. The Bertz CT molecular complexity index is 483. The fraction of sp³-hybridized carbons (Fsp3) is 0.600. The zero-order chi connectivity index (χ0) is 13.8. The molecule has 0 bridgehead atoms. The highest BCUT2D eigenvalue weighted by molar-refractivity contribution is 8.06. The van der Waals surface area contributed by atoms with Crippen LogP contribution in [0.25, 0.3) is 0 Å². The van der Waals surface area contributed by atoms with Crippen LogP contribution in [-0.4, -0.2) is 43.9 Å². The van der Waals surface area contributed by atoms with Gasteiger partial charge in [0.1, 0.15) is 5.69 Å². The van der Waals surface area contributed by atoms with Gasteiger partial charge in [0.05, 0.1) is 4.92 Å². The van der Waals surface area contributed by atoms with E-state index in [1.807, 2.05) is 23.5 Å². The van der Waals surface area contributed by atoms with Crippen LogP contribution in [0.2, 0.25) is 5.28 Å². The van der Waals surface area contributed by atoms with Crippen LogP contribution < -0.4 is 5.32 Å². The highest BCUT2D eigenvalue weighted by atomic mass is 35.5. The van der Waals surface area contributed by atoms with Crippen LogP contribution in [0.4, 0.5) is 11.5 Å². The Morgan fingerprint density at radius 3 is 2.95 bits per heavy atom. The number of hydrogen-bond acceptors (Lipinski definition) is 7. The second kappa shape index (κ2) is 6.62. The van der Waals surface area contributed by atoms with Crippen molar-refractivity contribution in [2.75, 3.05) is 29.1 Å². The smallest absolute Gasteiger partial charge is 0.332 e. The standard InChI is InChI=1S/C10H13ClN4O2S2/c1-6-8(15(16)17)9(14-10(11)13-6)12-4-7-5-18-2-3-19-7/h7H,2-5H2,1H3,(H,12,13,14). The van der Waals surface area contributed by atoms with Gasteiger partial charge in [-0.15, -0.1) is 0 Å². The van der Waals surface area contributed by atoms with Gasteiger partial charge in [0.25, 0.3) is 0 Å². The molecule has 0 radical (unpaired) electrons. The maximum absolute atomic E-state index is 11.0. The molecule has 0 aliphatic carbocycles. The molecule has 6 nitrogen and oxygen atoms in total. The molecule has 9 heteroatoms. The third kappa shape index (κ3) is 3.87. The number of thioether (sulfide) groups is 2. The first-order chi connectivity index (χ1) is 9.08. The monoisotopic (exact) mass is 320 g/mol. The van der Waals surface area contributed by atoms with E-state index in [1.54, 1.807) is 6.92 Å². The Balaban J connectivity index is 2.12. The third-order valence-electron chi connectivity index (χ3n) is 2.60. The molecular weight excluding hydrogens is 308 g/mol. The van der Waals surface area contributed by atoms with Crippen molar-refractivity contribution in [1.82, 2.24) is 9.97 Å². The Labute approximate surface area is 124 Å². The average Bonchev–Trinajstić information content (AvgIpc) is 2.36. The van der Waals surface area contributed by atoms with Gasteiger partial charge in [-0.25, -0.2) is 4.98 Å². The number of nitrogens with one attached hydrogen (secondary N) is 1. The average molecular weight is 321 g/mol. The molecule has 0 aromatic carbocycles. The van der Waals surface area contributed by atoms with Crippen molar-refractivity contribution in [3.63, 3.8) is 0 Å². The lowest BCUT2D eigenvalue weighted by atomic mass is 10.3. The van der Waals surface area contributed by atoms with E-state index in [0.717, 1.165) is 11.5 Å². The van der Waals surface area contributed by atoms with Crippen molar-refractivity contribution in [3.8, 4) is 0 Å². The second-order valence-corrected chi connectivity index (χ2v) is 6.88. The predicted octanol–water partition coefficient (Wildman–Crippen LogP) is 2.61. The van der Waals surface area contributed by atoms with E-state index in [0.29, 0.717) is 11.8 Å². The van der Waals surface area contributed by atoms with Crippen molar-refractivity contribution in [1.29, 1.82) is 0 Å². The molecule has 1 atom stereocenters. The zero-order valence-electron chi connectivity index (χ0n) is 10.3. The predicted molar refractivity (Wildman–Crippen MR) is 80.5 cm³/mol. The van der Waals surface area contributed by atoms with Crippen LogP contribution in [0.3, 0.4) is 0 Å². The molecule has 19 heavy (non-hydrogen) atoms. The summed E-state index contributed by atoms with van der Waals surface area (Å²) in [7, 11) is 0. The molecule has 1 N–H and O–H groups in total. The van der Waals surface area contributed by atoms with E-state index in [2.05, 4.69) is 15.3 Å². The Morgan fingerprint density at radius 2 is 2.32 bits per heavy atom. The second-order valence-electron chi connectivity index (χ2n) is 3.98. The van der Waals surface area contributed by atoms with Crippen LogP contribution in [-0.2, 0) is 0 Å². The van der Waals surface area contributed by atoms with Crippen molar-refractivity contribution < 1.29 is 4.92 Å². The molecule has 0 saturated carbocycles.